The second-order valence-corrected chi connectivity index (χ2v) is 7.10. The van der Waals surface area contributed by atoms with Gasteiger partial charge in [-0.2, -0.15) is 0 Å². The molecule has 0 spiro atoms. The molecule has 7 nitrogen and oxygen atoms in total. The highest BCUT2D eigenvalue weighted by Gasteiger charge is 2.22. The Morgan fingerprint density at radius 3 is 2.73 bits per heavy atom. The monoisotopic (exact) mass is 398 g/mol. The SMILES string of the molecule is O=C1CN(C(=O)c2cccc(-c3ccc4oc(-c5cccnc5)nc4c3)c2)CCN1. The standard InChI is InChI=1S/C23H18N4O3/c28-21-14-27(10-9-25-21)23(29)17-4-1-3-15(11-17)16-6-7-20-19(12-16)26-22(30-20)18-5-2-8-24-13-18/h1-8,11-13H,9-10,14H2,(H,25,28). The fourth-order valence-electron chi connectivity index (χ4n) is 3.55. The summed E-state index contributed by atoms with van der Waals surface area (Å²) in [6.45, 7) is 1.08. The molecule has 1 aliphatic rings. The van der Waals surface area contributed by atoms with E-state index in [9.17, 15) is 9.59 Å². The van der Waals surface area contributed by atoms with Crippen molar-refractivity contribution in [3.63, 3.8) is 0 Å². The summed E-state index contributed by atoms with van der Waals surface area (Å²) in [5.74, 6) is 0.238. The van der Waals surface area contributed by atoms with Gasteiger partial charge >= 0.3 is 0 Å². The molecule has 0 saturated carbocycles. The van der Waals surface area contributed by atoms with Gasteiger partial charge in [0.2, 0.25) is 11.8 Å². The number of pyridine rings is 1. The third kappa shape index (κ3) is 3.41. The maximum Gasteiger partial charge on any atom is 0.254 e. The first-order valence-corrected chi connectivity index (χ1v) is 9.65. The predicted octanol–water partition coefficient (Wildman–Crippen LogP) is 3.13. The zero-order valence-corrected chi connectivity index (χ0v) is 16.0. The van der Waals surface area contributed by atoms with Gasteiger partial charge in [-0.15, -0.1) is 0 Å². The van der Waals surface area contributed by atoms with Crippen molar-refractivity contribution >= 4 is 22.9 Å². The minimum Gasteiger partial charge on any atom is -0.436 e. The van der Waals surface area contributed by atoms with Crippen LogP contribution in [0.1, 0.15) is 10.4 Å². The van der Waals surface area contributed by atoms with Crippen LogP contribution in [0.2, 0.25) is 0 Å². The highest BCUT2D eigenvalue weighted by molar-refractivity contribution is 5.98. The lowest BCUT2D eigenvalue weighted by Crippen LogP contribution is -2.49. The largest absolute Gasteiger partial charge is 0.436 e. The summed E-state index contributed by atoms with van der Waals surface area (Å²) >= 11 is 0. The van der Waals surface area contributed by atoms with Crippen LogP contribution in [0.25, 0.3) is 33.7 Å². The zero-order valence-electron chi connectivity index (χ0n) is 16.0. The third-order valence-electron chi connectivity index (χ3n) is 5.06. The molecule has 0 radical (unpaired) electrons. The summed E-state index contributed by atoms with van der Waals surface area (Å²) < 4.78 is 5.85. The number of hydrogen-bond acceptors (Lipinski definition) is 5. The van der Waals surface area contributed by atoms with Gasteiger partial charge in [-0.3, -0.25) is 14.6 Å². The molecule has 5 rings (SSSR count). The van der Waals surface area contributed by atoms with Gasteiger partial charge < -0.3 is 14.6 Å². The molecule has 1 N–H and O–H groups in total. The Balaban J connectivity index is 1.46. The van der Waals surface area contributed by atoms with Crippen molar-refractivity contribution in [2.45, 2.75) is 0 Å². The number of hydrogen-bond donors (Lipinski definition) is 1. The summed E-state index contributed by atoms with van der Waals surface area (Å²) in [4.78, 5) is 34.7. The average molecular weight is 398 g/mol. The number of nitrogens with one attached hydrogen (secondary N) is 1. The fraction of sp³-hybridized carbons (Fsp3) is 0.130. The van der Waals surface area contributed by atoms with Crippen LogP contribution in [0.15, 0.2) is 71.4 Å². The zero-order chi connectivity index (χ0) is 20.5. The lowest BCUT2D eigenvalue weighted by Gasteiger charge is -2.26. The van der Waals surface area contributed by atoms with Crippen LogP contribution < -0.4 is 5.32 Å². The van der Waals surface area contributed by atoms with Gasteiger partial charge in [-0.25, -0.2) is 4.98 Å². The van der Waals surface area contributed by atoms with Gasteiger partial charge in [0.1, 0.15) is 5.52 Å². The van der Waals surface area contributed by atoms with Crippen molar-refractivity contribution in [1.29, 1.82) is 0 Å². The van der Waals surface area contributed by atoms with E-state index in [2.05, 4.69) is 15.3 Å². The van der Waals surface area contributed by atoms with Crippen LogP contribution in [0.5, 0.6) is 0 Å². The number of amides is 2. The molecule has 0 atom stereocenters. The molecule has 2 aromatic heterocycles. The summed E-state index contributed by atoms with van der Waals surface area (Å²) in [7, 11) is 0. The molecule has 148 valence electrons. The van der Waals surface area contributed by atoms with Crippen molar-refractivity contribution in [2.24, 2.45) is 0 Å². The number of piperazine rings is 1. The second-order valence-electron chi connectivity index (χ2n) is 7.10. The Kier molecular flexibility index (Phi) is 4.48. The van der Waals surface area contributed by atoms with E-state index >= 15 is 0 Å². The number of aromatic nitrogens is 2. The molecule has 3 heterocycles. The van der Waals surface area contributed by atoms with Gasteiger partial charge in [0.05, 0.1) is 12.1 Å². The van der Waals surface area contributed by atoms with Crippen LogP contribution in [0.4, 0.5) is 0 Å². The lowest BCUT2D eigenvalue weighted by atomic mass is 10.0. The minimum atomic E-state index is -0.145. The van der Waals surface area contributed by atoms with Crippen LogP contribution in [0, 0.1) is 0 Å². The first-order valence-electron chi connectivity index (χ1n) is 9.65. The van der Waals surface area contributed by atoms with E-state index in [0.717, 1.165) is 22.2 Å². The molecule has 2 amide bonds. The summed E-state index contributed by atoms with van der Waals surface area (Å²) in [6, 6.07) is 16.9. The quantitative estimate of drug-likeness (QED) is 0.573. The molecule has 0 unspecified atom stereocenters. The predicted molar refractivity (Wildman–Crippen MR) is 112 cm³/mol. The van der Waals surface area contributed by atoms with E-state index in [4.69, 9.17) is 4.42 Å². The summed E-state index contributed by atoms with van der Waals surface area (Å²) in [5.41, 5.74) is 4.61. The molecule has 7 heteroatoms. The molecule has 0 bridgehead atoms. The van der Waals surface area contributed by atoms with Crippen molar-refractivity contribution in [2.75, 3.05) is 19.6 Å². The minimum absolute atomic E-state index is 0.0884. The van der Waals surface area contributed by atoms with Crippen molar-refractivity contribution < 1.29 is 14.0 Å². The maximum atomic E-state index is 12.8. The van der Waals surface area contributed by atoms with E-state index in [1.807, 2.05) is 48.5 Å². The normalized spacial score (nSPS) is 14.0. The molecule has 1 aliphatic heterocycles. The number of benzene rings is 2. The number of carbonyl (C=O) groups excluding carboxylic acids is 2. The highest BCUT2D eigenvalue weighted by atomic mass is 16.3. The van der Waals surface area contributed by atoms with Gasteiger partial charge in [0.25, 0.3) is 5.91 Å². The number of carbonyl (C=O) groups is 2. The molecule has 2 aromatic carbocycles. The Morgan fingerprint density at radius 2 is 1.90 bits per heavy atom. The van der Waals surface area contributed by atoms with Crippen LogP contribution >= 0.6 is 0 Å². The number of nitrogens with zero attached hydrogens (tertiary/aromatic N) is 3. The Morgan fingerprint density at radius 1 is 1.03 bits per heavy atom. The fourth-order valence-corrected chi connectivity index (χ4v) is 3.55. The second kappa shape index (κ2) is 7.44. The third-order valence-corrected chi connectivity index (χ3v) is 5.06. The Bertz CT molecular complexity index is 1250. The van der Waals surface area contributed by atoms with Crippen LogP contribution in [0.3, 0.4) is 0 Å². The number of oxazole rings is 1. The Labute approximate surface area is 172 Å². The van der Waals surface area contributed by atoms with Gasteiger partial charge in [-0.1, -0.05) is 18.2 Å². The van der Waals surface area contributed by atoms with Gasteiger partial charge in [0.15, 0.2) is 5.58 Å². The maximum absolute atomic E-state index is 12.8. The Hall–Kier alpha value is -4.00. The van der Waals surface area contributed by atoms with E-state index < -0.39 is 0 Å². The summed E-state index contributed by atoms with van der Waals surface area (Å²) in [5, 5.41) is 2.73. The van der Waals surface area contributed by atoms with Crippen molar-refractivity contribution in [3.05, 3.63) is 72.6 Å². The van der Waals surface area contributed by atoms with E-state index in [0.29, 0.717) is 30.1 Å². The van der Waals surface area contributed by atoms with Crippen molar-refractivity contribution in [1.82, 2.24) is 20.2 Å². The highest BCUT2D eigenvalue weighted by Crippen LogP contribution is 2.28. The first-order chi connectivity index (χ1) is 14.7. The van der Waals surface area contributed by atoms with E-state index in [1.165, 1.54) is 0 Å². The average Bonchev–Trinajstić information content (AvgIpc) is 3.23. The van der Waals surface area contributed by atoms with E-state index in [-0.39, 0.29) is 18.4 Å². The lowest BCUT2D eigenvalue weighted by molar-refractivity contribution is -0.123. The van der Waals surface area contributed by atoms with Gasteiger partial charge in [-0.05, 0) is 47.5 Å². The number of fused-ring (bicyclic) bond motifs is 1. The number of rotatable bonds is 3. The molecule has 4 aromatic rings. The van der Waals surface area contributed by atoms with Crippen LogP contribution in [-0.4, -0.2) is 46.3 Å². The van der Waals surface area contributed by atoms with Gasteiger partial charge in [0, 0.05) is 31.0 Å². The summed E-state index contributed by atoms with van der Waals surface area (Å²) in [6.07, 6.45) is 3.41. The van der Waals surface area contributed by atoms with Crippen molar-refractivity contribution in [3.8, 4) is 22.6 Å². The first kappa shape index (κ1) is 18.1. The topological polar surface area (TPSA) is 88.3 Å². The molecule has 1 saturated heterocycles. The molecule has 0 aliphatic carbocycles. The molecular weight excluding hydrogens is 380 g/mol. The van der Waals surface area contributed by atoms with Crippen LogP contribution in [-0.2, 0) is 4.79 Å². The molecular formula is C23H18N4O3. The van der Waals surface area contributed by atoms with E-state index in [1.54, 1.807) is 23.4 Å². The molecule has 30 heavy (non-hydrogen) atoms. The smallest absolute Gasteiger partial charge is 0.254 e. The molecule has 1 fully saturated rings.